The van der Waals surface area contributed by atoms with Gasteiger partial charge in [0, 0.05) is 0 Å². The summed E-state index contributed by atoms with van der Waals surface area (Å²) in [4.78, 5) is 0. The van der Waals surface area contributed by atoms with Gasteiger partial charge in [0.15, 0.2) is 0 Å². The van der Waals surface area contributed by atoms with E-state index in [4.69, 9.17) is 5.11 Å². The van der Waals surface area contributed by atoms with E-state index < -0.39 is 43.5 Å². The molecule has 0 amide bonds. The maximum Gasteiger partial charge on any atom is 0.224 e. The maximum absolute atomic E-state index is 12.3. The normalized spacial score (nSPS) is 49.3. The fourth-order valence-electron chi connectivity index (χ4n) is 1.33. The molecule has 5 N–H and O–H groups in total. The van der Waals surface area contributed by atoms with Gasteiger partial charge < -0.3 is 30.3 Å². The molecule has 1 aliphatic heterocycles. The van der Waals surface area contributed by atoms with Crippen molar-refractivity contribution >= 4 is 0 Å². The lowest BCUT2D eigenvalue weighted by Gasteiger charge is -2.43. The van der Waals surface area contributed by atoms with Crippen LogP contribution >= 0.6 is 0 Å². The lowest BCUT2D eigenvalue weighted by molar-refractivity contribution is -0.352. The van der Waals surface area contributed by atoms with Crippen molar-refractivity contribution < 1.29 is 34.7 Å². The predicted octanol–water partition coefficient (Wildman–Crippen LogP) is -2.88. The zero-order valence-corrected chi connectivity index (χ0v) is 7.25. The quantitative estimate of drug-likeness (QED) is 0.336. The zero-order chi connectivity index (χ0) is 10.9. The van der Waals surface area contributed by atoms with Gasteiger partial charge in [-0.3, -0.25) is 0 Å². The Morgan fingerprint density at radius 2 is 1.79 bits per heavy atom. The number of alkyl halides is 1. The molecule has 0 saturated carbocycles. The van der Waals surface area contributed by atoms with Crippen LogP contribution in [0.2, 0.25) is 0 Å². The summed E-state index contributed by atoms with van der Waals surface area (Å²) in [6.45, 7) is -2.15. The molecule has 0 radical (unpaired) electrons. The van der Waals surface area contributed by atoms with Crippen molar-refractivity contribution in [3.63, 3.8) is 0 Å². The molecule has 0 spiro atoms. The van der Waals surface area contributed by atoms with Crippen LogP contribution in [0.1, 0.15) is 0 Å². The smallest absolute Gasteiger partial charge is 0.224 e. The van der Waals surface area contributed by atoms with Gasteiger partial charge >= 0.3 is 0 Å². The Kier molecular flexibility index (Phi) is 3.40. The van der Waals surface area contributed by atoms with E-state index in [9.17, 15) is 24.8 Å². The Labute approximate surface area is 79.2 Å². The van der Waals surface area contributed by atoms with Crippen LogP contribution in [0.15, 0.2) is 0 Å². The highest BCUT2D eigenvalue weighted by Crippen LogP contribution is 2.28. The average Bonchev–Trinajstić information content (AvgIpc) is 2.20. The Bertz CT molecular complexity index is 201. The lowest BCUT2D eigenvalue weighted by atomic mass is 9.93. The van der Waals surface area contributed by atoms with Crippen molar-refractivity contribution in [1.82, 2.24) is 0 Å². The minimum Gasteiger partial charge on any atom is -0.394 e. The Morgan fingerprint density at radius 1 is 1.21 bits per heavy atom. The molecule has 0 aliphatic carbocycles. The second-order valence-electron chi connectivity index (χ2n) is 3.24. The largest absolute Gasteiger partial charge is 0.394 e. The first-order chi connectivity index (χ1) is 6.46. The van der Waals surface area contributed by atoms with Crippen molar-refractivity contribution in [2.45, 2.75) is 30.2 Å². The summed E-state index contributed by atoms with van der Waals surface area (Å²) in [6, 6.07) is 0. The van der Waals surface area contributed by atoms with Crippen LogP contribution < -0.4 is 0 Å². The van der Waals surface area contributed by atoms with Gasteiger partial charge in [-0.2, -0.15) is 0 Å². The highest BCUT2D eigenvalue weighted by atomic mass is 19.1. The van der Waals surface area contributed by atoms with E-state index in [1.807, 2.05) is 0 Å². The molecule has 84 valence electrons. The van der Waals surface area contributed by atoms with Crippen LogP contribution in [0.25, 0.3) is 0 Å². The third-order valence-corrected chi connectivity index (χ3v) is 2.24. The van der Waals surface area contributed by atoms with E-state index in [1.165, 1.54) is 0 Å². The maximum atomic E-state index is 12.3. The van der Waals surface area contributed by atoms with Gasteiger partial charge in [0.1, 0.15) is 31.1 Å². The molecule has 1 fully saturated rings. The zero-order valence-electron chi connectivity index (χ0n) is 7.25. The molecule has 1 saturated heterocycles. The third kappa shape index (κ3) is 1.74. The summed E-state index contributed by atoms with van der Waals surface area (Å²) in [7, 11) is 0. The molecular weight excluding hydrogens is 199 g/mol. The lowest BCUT2D eigenvalue weighted by Crippen LogP contribution is -2.66. The van der Waals surface area contributed by atoms with Gasteiger partial charge in [-0.1, -0.05) is 0 Å². The molecule has 7 heteroatoms. The first kappa shape index (κ1) is 11.8. The molecule has 14 heavy (non-hydrogen) atoms. The van der Waals surface area contributed by atoms with Crippen molar-refractivity contribution in [3.8, 4) is 0 Å². The minimum absolute atomic E-state index is 0.701. The molecule has 0 bridgehead atoms. The van der Waals surface area contributed by atoms with Gasteiger partial charge in [0.2, 0.25) is 5.79 Å². The molecule has 1 heterocycles. The topological polar surface area (TPSA) is 110 Å². The van der Waals surface area contributed by atoms with Crippen LogP contribution in [0.5, 0.6) is 0 Å². The second kappa shape index (κ2) is 4.05. The van der Waals surface area contributed by atoms with Crippen LogP contribution in [-0.2, 0) is 4.74 Å². The molecule has 0 aromatic heterocycles. The molecule has 1 rings (SSSR count). The summed E-state index contributed by atoms with van der Waals surface area (Å²) in [5, 5.41) is 45.6. The van der Waals surface area contributed by atoms with Crippen LogP contribution in [0, 0.1) is 0 Å². The molecular formula is C7H13FO6. The van der Waals surface area contributed by atoms with Crippen LogP contribution in [0.4, 0.5) is 4.39 Å². The van der Waals surface area contributed by atoms with Gasteiger partial charge in [-0.15, -0.1) is 0 Å². The number of aliphatic hydroxyl groups is 5. The van der Waals surface area contributed by atoms with Crippen molar-refractivity contribution in [3.05, 3.63) is 0 Å². The molecule has 0 unspecified atom stereocenters. The van der Waals surface area contributed by atoms with Gasteiger partial charge in [-0.25, -0.2) is 4.39 Å². The van der Waals surface area contributed by atoms with E-state index in [2.05, 4.69) is 4.74 Å². The predicted molar refractivity (Wildman–Crippen MR) is 40.9 cm³/mol. The minimum atomic E-state index is -2.58. The van der Waals surface area contributed by atoms with E-state index in [0.717, 1.165) is 0 Å². The average molecular weight is 212 g/mol. The molecule has 6 nitrogen and oxygen atoms in total. The SMILES string of the molecule is OC[C@H]1O[C@](O)(CF)[C@H](O)[C@H](O)[C@@H]1O. The summed E-state index contributed by atoms with van der Waals surface area (Å²) in [6.07, 6.45) is -6.61. The first-order valence-corrected chi connectivity index (χ1v) is 4.07. The van der Waals surface area contributed by atoms with Crippen LogP contribution in [-0.4, -0.2) is 69.0 Å². The van der Waals surface area contributed by atoms with E-state index in [-0.39, 0.29) is 0 Å². The molecule has 1 aliphatic rings. The van der Waals surface area contributed by atoms with Gasteiger partial charge in [0.25, 0.3) is 0 Å². The third-order valence-electron chi connectivity index (χ3n) is 2.24. The summed E-state index contributed by atoms with van der Waals surface area (Å²) in [5.74, 6) is -2.58. The van der Waals surface area contributed by atoms with Crippen molar-refractivity contribution in [2.24, 2.45) is 0 Å². The van der Waals surface area contributed by atoms with E-state index in [0.29, 0.717) is 0 Å². The fraction of sp³-hybridized carbons (Fsp3) is 1.00. The Morgan fingerprint density at radius 3 is 2.21 bits per heavy atom. The fourth-order valence-corrected chi connectivity index (χ4v) is 1.33. The molecule has 5 atom stereocenters. The van der Waals surface area contributed by atoms with E-state index in [1.54, 1.807) is 0 Å². The molecule has 0 aromatic carbocycles. The monoisotopic (exact) mass is 212 g/mol. The molecule has 0 aromatic rings. The van der Waals surface area contributed by atoms with Crippen LogP contribution in [0.3, 0.4) is 0 Å². The summed E-state index contributed by atoms with van der Waals surface area (Å²) >= 11 is 0. The van der Waals surface area contributed by atoms with Crippen molar-refractivity contribution in [2.75, 3.05) is 13.3 Å². The number of ether oxygens (including phenoxy) is 1. The van der Waals surface area contributed by atoms with Gasteiger partial charge in [-0.05, 0) is 0 Å². The number of aliphatic hydroxyl groups excluding tert-OH is 4. The standard InChI is InChI=1S/C7H13FO6/c8-2-7(13)6(12)5(11)4(10)3(1-9)14-7/h3-6,9-13H,1-2H2/t3-,4-,5-,6-,7-/m1/s1. The Balaban J connectivity index is 2.84. The highest BCUT2D eigenvalue weighted by Gasteiger charge is 2.52. The number of halogens is 1. The number of hydrogen-bond donors (Lipinski definition) is 5. The number of hydrogen-bond acceptors (Lipinski definition) is 6. The van der Waals surface area contributed by atoms with E-state index >= 15 is 0 Å². The second-order valence-corrected chi connectivity index (χ2v) is 3.24. The summed E-state index contributed by atoms with van der Waals surface area (Å²) < 4.78 is 16.9. The van der Waals surface area contributed by atoms with Gasteiger partial charge in [0.05, 0.1) is 6.61 Å². The Hall–Kier alpha value is -0.310. The number of rotatable bonds is 2. The highest BCUT2D eigenvalue weighted by molar-refractivity contribution is 4.95. The first-order valence-electron chi connectivity index (χ1n) is 4.07. The summed E-state index contributed by atoms with van der Waals surface area (Å²) in [5.41, 5.74) is 0. The van der Waals surface area contributed by atoms with Crippen molar-refractivity contribution in [1.29, 1.82) is 0 Å².